The van der Waals surface area contributed by atoms with Gasteiger partial charge in [-0.1, -0.05) is 5.92 Å². The van der Waals surface area contributed by atoms with Gasteiger partial charge in [0.15, 0.2) is 0 Å². The number of ether oxygens (including phenoxy) is 2. The lowest BCUT2D eigenvalue weighted by molar-refractivity contribution is 0.0595. The van der Waals surface area contributed by atoms with Crippen molar-refractivity contribution in [2.45, 2.75) is 6.92 Å². The predicted octanol–water partition coefficient (Wildman–Crippen LogP) is 2.01. The van der Waals surface area contributed by atoms with Crippen molar-refractivity contribution in [2.75, 3.05) is 13.7 Å². The molecule has 0 bridgehead atoms. The van der Waals surface area contributed by atoms with Crippen molar-refractivity contribution in [3.05, 3.63) is 29.6 Å². The van der Waals surface area contributed by atoms with Gasteiger partial charge in [0.05, 0.1) is 12.7 Å². The van der Waals surface area contributed by atoms with Crippen molar-refractivity contribution in [2.24, 2.45) is 0 Å². The monoisotopic (exact) mass is 222 g/mol. The van der Waals surface area contributed by atoms with Crippen LogP contribution in [0.25, 0.3) is 0 Å². The first-order chi connectivity index (χ1) is 7.69. The average Bonchev–Trinajstić information content (AvgIpc) is 2.29. The summed E-state index contributed by atoms with van der Waals surface area (Å²) in [5.41, 5.74) is -0.114. The van der Waals surface area contributed by atoms with Crippen LogP contribution in [0.1, 0.15) is 17.3 Å². The van der Waals surface area contributed by atoms with E-state index in [-0.39, 0.29) is 12.2 Å². The zero-order chi connectivity index (χ0) is 12.0. The van der Waals surface area contributed by atoms with Crippen LogP contribution in [0.15, 0.2) is 18.2 Å². The van der Waals surface area contributed by atoms with E-state index in [1.807, 2.05) is 0 Å². The van der Waals surface area contributed by atoms with E-state index < -0.39 is 11.8 Å². The molecule has 0 saturated heterocycles. The molecule has 0 radical (unpaired) electrons. The van der Waals surface area contributed by atoms with E-state index in [0.29, 0.717) is 5.75 Å². The van der Waals surface area contributed by atoms with Crippen LogP contribution in [-0.4, -0.2) is 19.7 Å². The Balaban J connectivity index is 2.81. The lowest BCUT2D eigenvalue weighted by Crippen LogP contribution is -2.04. The third-order valence-corrected chi connectivity index (χ3v) is 1.83. The lowest BCUT2D eigenvalue weighted by Gasteiger charge is -2.04. The largest absolute Gasteiger partial charge is 0.481 e. The second-order valence-electron chi connectivity index (χ2n) is 2.85. The van der Waals surface area contributed by atoms with E-state index in [0.717, 1.165) is 6.07 Å². The highest BCUT2D eigenvalue weighted by Gasteiger charge is 2.12. The summed E-state index contributed by atoms with van der Waals surface area (Å²) in [5, 5.41) is 0. The van der Waals surface area contributed by atoms with Crippen LogP contribution in [0.3, 0.4) is 0 Å². The Morgan fingerprint density at radius 1 is 1.50 bits per heavy atom. The smallest absolute Gasteiger partial charge is 0.340 e. The van der Waals surface area contributed by atoms with E-state index >= 15 is 0 Å². The summed E-state index contributed by atoms with van der Waals surface area (Å²) in [6.45, 7) is 1.87. The van der Waals surface area contributed by atoms with E-state index in [1.54, 1.807) is 6.92 Å². The minimum absolute atomic E-state index is 0.114. The maximum Gasteiger partial charge on any atom is 0.340 e. The number of halogens is 1. The normalized spacial score (nSPS) is 8.94. The third kappa shape index (κ3) is 2.99. The van der Waals surface area contributed by atoms with Crippen molar-refractivity contribution in [1.29, 1.82) is 0 Å². The van der Waals surface area contributed by atoms with Crippen molar-refractivity contribution in [1.82, 2.24) is 0 Å². The van der Waals surface area contributed by atoms with Gasteiger partial charge in [0.1, 0.15) is 18.2 Å². The van der Waals surface area contributed by atoms with Crippen molar-refractivity contribution in [3.8, 4) is 17.6 Å². The van der Waals surface area contributed by atoms with Gasteiger partial charge < -0.3 is 9.47 Å². The van der Waals surface area contributed by atoms with Crippen LogP contribution in [0.5, 0.6) is 5.75 Å². The van der Waals surface area contributed by atoms with Gasteiger partial charge in [-0.05, 0) is 19.1 Å². The van der Waals surface area contributed by atoms with Crippen LogP contribution in [-0.2, 0) is 4.74 Å². The van der Waals surface area contributed by atoms with Crippen LogP contribution >= 0.6 is 0 Å². The number of esters is 1. The topological polar surface area (TPSA) is 35.5 Å². The third-order valence-electron chi connectivity index (χ3n) is 1.83. The lowest BCUT2D eigenvalue weighted by atomic mass is 10.2. The minimum Gasteiger partial charge on any atom is -0.481 e. The maximum absolute atomic E-state index is 13.4. The Kier molecular flexibility index (Phi) is 4.34. The highest BCUT2D eigenvalue weighted by atomic mass is 19.1. The first-order valence-corrected chi connectivity index (χ1v) is 4.59. The molecule has 84 valence electrons. The van der Waals surface area contributed by atoms with E-state index in [2.05, 4.69) is 16.6 Å². The molecule has 1 aromatic carbocycles. The Bertz CT molecular complexity index is 443. The summed E-state index contributed by atoms with van der Waals surface area (Å²) >= 11 is 0. The number of carbonyl (C=O) groups is 1. The van der Waals surface area contributed by atoms with Gasteiger partial charge in [0, 0.05) is 6.07 Å². The van der Waals surface area contributed by atoms with Gasteiger partial charge >= 0.3 is 5.97 Å². The second kappa shape index (κ2) is 5.76. The fourth-order valence-electron chi connectivity index (χ4n) is 1.05. The molecule has 0 amide bonds. The highest BCUT2D eigenvalue weighted by Crippen LogP contribution is 2.17. The van der Waals surface area contributed by atoms with Crippen LogP contribution in [0, 0.1) is 17.7 Å². The van der Waals surface area contributed by atoms with E-state index in [9.17, 15) is 9.18 Å². The summed E-state index contributed by atoms with van der Waals surface area (Å²) in [5.74, 6) is 4.27. The summed E-state index contributed by atoms with van der Waals surface area (Å²) in [7, 11) is 1.20. The molecule has 0 aliphatic heterocycles. The number of rotatable bonds is 3. The highest BCUT2D eigenvalue weighted by molar-refractivity contribution is 5.89. The number of hydrogen-bond acceptors (Lipinski definition) is 3. The zero-order valence-corrected chi connectivity index (χ0v) is 9.04. The van der Waals surface area contributed by atoms with Crippen molar-refractivity contribution >= 4 is 5.97 Å². The van der Waals surface area contributed by atoms with Crippen LogP contribution < -0.4 is 4.74 Å². The Labute approximate surface area is 93.2 Å². The first-order valence-electron chi connectivity index (χ1n) is 4.59. The molecule has 4 heteroatoms. The summed E-state index contributed by atoms with van der Waals surface area (Å²) in [4.78, 5) is 11.1. The number of benzene rings is 1. The summed E-state index contributed by atoms with van der Waals surface area (Å²) < 4.78 is 22.9. The molecule has 0 unspecified atom stereocenters. The van der Waals surface area contributed by atoms with Crippen molar-refractivity contribution in [3.63, 3.8) is 0 Å². The minimum atomic E-state index is -0.711. The molecule has 3 nitrogen and oxygen atoms in total. The predicted molar refractivity (Wildman–Crippen MR) is 56.7 cm³/mol. The summed E-state index contributed by atoms with van der Waals surface area (Å²) in [6.07, 6.45) is 0. The molecule has 0 atom stereocenters. The first kappa shape index (κ1) is 12.1. The van der Waals surface area contributed by atoms with E-state index in [1.165, 1.54) is 19.2 Å². The second-order valence-corrected chi connectivity index (χ2v) is 2.85. The fraction of sp³-hybridized carbons (Fsp3) is 0.250. The standard InChI is InChI=1S/C12H11FO3/c1-3-4-7-16-9-5-6-10(11(13)8-9)12(14)15-2/h5-6,8H,7H2,1-2H3. The molecule has 0 N–H and O–H groups in total. The van der Waals surface area contributed by atoms with Gasteiger partial charge in [-0.2, -0.15) is 0 Å². The van der Waals surface area contributed by atoms with Crippen LogP contribution in [0.2, 0.25) is 0 Å². The number of methoxy groups -OCH3 is 1. The molecule has 0 aliphatic carbocycles. The molecule has 0 fully saturated rings. The number of carbonyl (C=O) groups excluding carboxylic acids is 1. The molecular formula is C12H11FO3. The fourth-order valence-corrected chi connectivity index (χ4v) is 1.05. The molecule has 0 aliphatic rings. The van der Waals surface area contributed by atoms with Gasteiger partial charge in [-0.15, -0.1) is 5.92 Å². The van der Waals surface area contributed by atoms with Crippen molar-refractivity contribution < 1.29 is 18.7 Å². The molecule has 16 heavy (non-hydrogen) atoms. The SMILES string of the molecule is CC#CCOc1ccc(C(=O)OC)c(F)c1. The molecule has 0 heterocycles. The maximum atomic E-state index is 13.4. The molecule has 0 saturated carbocycles. The molecule has 0 aromatic heterocycles. The van der Waals surface area contributed by atoms with Gasteiger partial charge in [0.25, 0.3) is 0 Å². The Morgan fingerprint density at radius 2 is 2.25 bits per heavy atom. The average molecular weight is 222 g/mol. The Morgan fingerprint density at radius 3 is 2.81 bits per heavy atom. The number of hydrogen-bond donors (Lipinski definition) is 0. The summed E-state index contributed by atoms with van der Waals surface area (Å²) in [6, 6.07) is 3.94. The zero-order valence-electron chi connectivity index (χ0n) is 9.04. The van der Waals surface area contributed by atoms with Gasteiger partial charge in [-0.3, -0.25) is 0 Å². The van der Waals surface area contributed by atoms with Gasteiger partial charge in [-0.25, -0.2) is 9.18 Å². The Hall–Kier alpha value is -2.02. The molecular weight excluding hydrogens is 211 g/mol. The molecule has 1 aromatic rings. The van der Waals surface area contributed by atoms with Crippen LogP contribution in [0.4, 0.5) is 4.39 Å². The molecule has 1 rings (SSSR count). The molecule has 0 spiro atoms. The van der Waals surface area contributed by atoms with E-state index in [4.69, 9.17) is 4.74 Å². The quantitative estimate of drug-likeness (QED) is 0.579. The van der Waals surface area contributed by atoms with Gasteiger partial charge in [0.2, 0.25) is 0 Å².